The number of phenols is 1. The molecule has 0 spiro atoms. The third kappa shape index (κ3) is 2.97. The van der Waals surface area contributed by atoms with Gasteiger partial charge in [-0.15, -0.1) is 0 Å². The van der Waals surface area contributed by atoms with Crippen LogP contribution in [0.25, 0.3) is 10.9 Å². The Morgan fingerprint density at radius 3 is 2.68 bits per heavy atom. The maximum atomic E-state index is 12.9. The van der Waals surface area contributed by atoms with E-state index in [0.29, 0.717) is 11.5 Å². The van der Waals surface area contributed by atoms with Crippen LogP contribution in [0.15, 0.2) is 36.4 Å². The van der Waals surface area contributed by atoms with Gasteiger partial charge < -0.3 is 10.0 Å². The first-order valence-electron chi connectivity index (χ1n) is 8.57. The summed E-state index contributed by atoms with van der Waals surface area (Å²) in [4.78, 5) is 14.5. The molecule has 1 heterocycles. The molecule has 1 aliphatic carbocycles. The fourth-order valence-corrected chi connectivity index (χ4v) is 3.10. The van der Waals surface area contributed by atoms with Crippen LogP contribution in [-0.2, 0) is 6.42 Å². The number of nitrogens with zero attached hydrogens (tertiary/aromatic N) is 2. The van der Waals surface area contributed by atoms with E-state index < -0.39 is 0 Å². The van der Waals surface area contributed by atoms with Gasteiger partial charge >= 0.3 is 0 Å². The molecular weight excluding hydrogens is 314 g/mol. The van der Waals surface area contributed by atoms with E-state index in [4.69, 9.17) is 0 Å². The highest BCUT2D eigenvalue weighted by Crippen LogP contribution is 2.35. The fraction of sp³-hybridized carbons (Fsp3) is 0.300. The molecule has 1 aromatic heterocycles. The van der Waals surface area contributed by atoms with Gasteiger partial charge in [0.05, 0.1) is 16.8 Å². The van der Waals surface area contributed by atoms with E-state index in [1.165, 1.54) is 12.8 Å². The van der Waals surface area contributed by atoms with Crippen LogP contribution < -0.4 is 4.90 Å². The van der Waals surface area contributed by atoms with Crippen molar-refractivity contribution < 1.29 is 9.90 Å². The number of hydrogen-bond acceptors (Lipinski definition) is 3. The number of aryl methyl sites for hydroxylation is 1. The summed E-state index contributed by atoms with van der Waals surface area (Å²) in [6.45, 7) is 2.01. The van der Waals surface area contributed by atoms with E-state index in [9.17, 15) is 9.90 Å². The average molecular weight is 335 g/mol. The molecule has 5 nitrogen and oxygen atoms in total. The van der Waals surface area contributed by atoms with Gasteiger partial charge in [0.25, 0.3) is 5.91 Å². The number of fused-ring (bicyclic) bond motifs is 1. The Bertz CT molecular complexity index is 939. The lowest BCUT2D eigenvalue weighted by Crippen LogP contribution is -2.26. The van der Waals surface area contributed by atoms with Crippen LogP contribution in [0.3, 0.4) is 0 Å². The lowest BCUT2D eigenvalue weighted by atomic mass is 10.1. The number of H-pyrrole nitrogens is 1. The van der Waals surface area contributed by atoms with Gasteiger partial charge in [-0.25, -0.2) is 0 Å². The molecule has 0 radical (unpaired) electrons. The fourth-order valence-electron chi connectivity index (χ4n) is 3.10. The number of anilines is 1. The summed E-state index contributed by atoms with van der Waals surface area (Å²) in [5.74, 6) is 0.439. The van der Waals surface area contributed by atoms with Crippen LogP contribution in [0.5, 0.6) is 5.75 Å². The van der Waals surface area contributed by atoms with Crippen LogP contribution in [0.1, 0.15) is 34.5 Å². The second kappa shape index (κ2) is 5.92. The second-order valence-corrected chi connectivity index (χ2v) is 6.93. The molecular formula is C20H21N3O2. The highest BCUT2D eigenvalue weighted by Gasteiger charge is 2.25. The van der Waals surface area contributed by atoms with Gasteiger partial charge in [0.1, 0.15) is 5.75 Å². The topological polar surface area (TPSA) is 69.2 Å². The number of carbonyl (C=O) groups is 1. The number of aromatic amines is 1. The number of aromatic nitrogens is 2. The van der Waals surface area contributed by atoms with Crippen molar-refractivity contribution in [3.05, 3.63) is 53.2 Å². The molecule has 1 fully saturated rings. The Morgan fingerprint density at radius 2 is 2.00 bits per heavy atom. The molecule has 4 rings (SSSR count). The number of nitrogens with one attached hydrogen (secondary N) is 1. The van der Waals surface area contributed by atoms with E-state index in [2.05, 4.69) is 10.2 Å². The van der Waals surface area contributed by atoms with Crippen molar-refractivity contribution in [3.63, 3.8) is 0 Å². The number of hydrogen-bond donors (Lipinski definition) is 2. The van der Waals surface area contributed by atoms with Crippen molar-refractivity contribution in [2.45, 2.75) is 26.2 Å². The van der Waals surface area contributed by atoms with Gasteiger partial charge in [0.2, 0.25) is 0 Å². The third-order valence-electron chi connectivity index (χ3n) is 4.89. The average Bonchev–Trinajstić information content (AvgIpc) is 3.34. The van der Waals surface area contributed by atoms with Gasteiger partial charge in [0.15, 0.2) is 0 Å². The van der Waals surface area contributed by atoms with Crippen molar-refractivity contribution in [1.82, 2.24) is 10.2 Å². The van der Waals surface area contributed by atoms with Crippen LogP contribution in [0.2, 0.25) is 0 Å². The van der Waals surface area contributed by atoms with Gasteiger partial charge in [-0.05, 0) is 50.3 Å². The summed E-state index contributed by atoms with van der Waals surface area (Å²) < 4.78 is 0. The summed E-state index contributed by atoms with van der Waals surface area (Å²) >= 11 is 0. The number of amides is 1. The Labute approximate surface area is 146 Å². The summed E-state index contributed by atoms with van der Waals surface area (Å²) in [7, 11) is 1.72. The Hall–Kier alpha value is -2.82. The second-order valence-electron chi connectivity index (χ2n) is 6.93. The molecule has 0 aliphatic heterocycles. The van der Waals surface area contributed by atoms with E-state index in [0.717, 1.165) is 34.3 Å². The van der Waals surface area contributed by atoms with Crippen molar-refractivity contribution in [1.29, 1.82) is 0 Å². The Balaban J connectivity index is 1.70. The third-order valence-corrected chi connectivity index (χ3v) is 4.89. The van der Waals surface area contributed by atoms with Gasteiger partial charge in [0, 0.05) is 24.2 Å². The maximum Gasteiger partial charge on any atom is 0.261 e. The summed E-state index contributed by atoms with van der Waals surface area (Å²) in [5.41, 5.74) is 3.97. The van der Waals surface area contributed by atoms with Crippen molar-refractivity contribution in [3.8, 4) is 5.75 Å². The molecule has 0 unspecified atom stereocenters. The molecule has 0 atom stereocenters. The van der Waals surface area contributed by atoms with Crippen LogP contribution in [0.4, 0.5) is 5.69 Å². The lowest BCUT2D eigenvalue weighted by molar-refractivity contribution is 0.0990. The SMILES string of the molecule is Cc1ccc(N(C)C(=O)c2cc3c(CC4CC4)n[nH]c3cc2O)cc1. The van der Waals surface area contributed by atoms with E-state index in [-0.39, 0.29) is 11.7 Å². The lowest BCUT2D eigenvalue weighted by Gasteiger charge is -2.18. The standard InChI is InChI=1S/C20H21N3O2/c1-12-3-7-14(8-4-12)23(2)20(25)16-10-15-17(9-13-5-6-13)21-22-18(15)11-19(16)24/h3-4,7-8,10-11,13,24H,5-6,9H2,1-2H3,(H,21,22). The largest absolute Gasteiger partial charge is 0.507 e. The first kappa shape index (κ1) is 15.7. The molecule has 0 saturated heterocycles. The molecule has 2 aromatic carbocycles. The first-order valence-corrected chi connectivity index (χ1v) is 8.57. The molecule has 128 valence electrons. The predicted octanol–water partition coefficient (Wildman–Crippen LogP) is 3.81. The smallest absolute Gasteiger partial charge is 0.261 e. The number of benzene rings is 2. The number of aromatic hydroxyl groups is 1. The van der Waals surface area contributed by atoms with Crippen LogP contribution >= 0.6 is 0 Å². The zero-order chi connectivity index (χ0) is 17.6. The normalized spacial score (nSPS) is 14.0. The molecule has 5 heteroatoms. The predicted molar refractivity (Wildman–Crippen MR) is 98.1 cm³/mol. The van der Waals surface area contributed by atoms with Crippen molar-refractivity contribution in [2.24, 2.45) is 5.92 Å². The molecule has 1 aliphatic rings. The monoisotopic (exact) mass is 335 g/mol. The van der Waals surface area contributed by atoms with Crippen LogP contribution in [-0.4, -0.2) is 28.3 Å². The minimum Gasteiger partial charge on any atom is -0.507 e. The molecule has 25 heavy (non-hydrogen) atoms. The Morgan fingerprint density at radius 1 is 1.28 bits per heavy atom. The number of carbonyl (C=O) groups excluding carboxylic acids is 1. The highest BCUT2D eigenvalue weighted by molar-refractivity contribution is 6.09. The minimum absolute atomic E-state index is 0.0296. The minimum atomic E-state index is -0.234. The summed E-state index contributed by atoms with van der Waals surface area (Å²) in [6, 6.07) is 11.1. The maximum absolute atomic E-state index is 12.9. The molecule has 2 N–H and O–H groups in total. The molecule has 0 bridgehead atoms. The van der Waals surface area contributed by atoms with Gasteiger partial charge in [-0.1, -0.05) is 17.7 Å². The molecule has 3 aromatic rings. The summed E-state index contributed by atoms with van der Waals surface area (Å²) in [6.07, 6.45) is 3.41. The highest BCUT2D eigenvalue weighted by atomic mass is 16.3. The zero-order valence-corrected chi connectivity index (χ0v) is 14.4. The summed E-state index contributed by atoms with van der Waals surface area (Å²) in [5, 5.41) is 18.6. The first-order chi connectivity index (χ1) is 12.0. The van der Waals surface area contributed by atoms with Gasteiger partial charge in [-0.3, -0.25) is 9.89 Å². The number of phenolic OH excluding ortho intramolecular Hbond substituents is 1. The van der Waals surface area contributed by atoms with Gasteiger partial charge in [-0.2, -0.15) is 5.10 Å². The van der Waals surface area contributed by atoms with E-state index in [1.54, 1.807) is 24.1 Å². The number of rotatable bonds is 4. The Kier molecular flexibility index (Phi) is 3.71. The van der Waals surface area contributed by atoms with Crippen molar-refractivity contribution in [2.75, 3.05) is 11.9 Å². The molecule has 1 amide bonds. The molecule has 1 saturated carbocycles. The zero-order valence-electron chi connectivity index (χ0n) is 14.4. The van der Waals surface area contributed by atoms with E-state index in [1.807, 2.05) is 31.2 Å². The van der Waals surface area contributed by atoms with Crippen molar-refractivity contribution >= 4 is 22.5 Å². The van der Waals surface area contributed by atoms with E-state index >= 15 is 0 Å². The quantitative estimate of drug-likeness (QED) is 0.762. The van der Waals surface area contributed by atoms with Crippen LogP contribution in [0, 0.1) is 12.8 Å².